The maximum Gasteiger partial charge on any atom is 0.328 e. The van der Waals surface area contributed by atoms with Gasteiger partial charge in [0.25, 0.3) is 0 Å². The van der Waals surface area contributed by atoms with Crippen LogP contribution < -0.4 is 10.6 Å². The molecule has 0 amide bonds. The minimum absolute atomic E-state index is 0. The first-order chi connectivity index (χ1) is 10.4. The molecule has 1 aliphatic heterocycles. The van der Waals surface area contributed by atoms with Gasteiger partial charge in [-0.1, -0.05) is 6.92 Å². The van der Waals surface area contributed by atoms with Crippen molar-refractivity contribution < 1.29 is 9.53 Å². The summed E-state index contributed by atoms with van der Waals surface area (Å²) in [4.78, 5) is 18.5. The van der Waals surface area contributed by atoms with Gasteiger partial charge in [-0.2, -0.15) is 0 Å². The Morgan fingerprint density at radius 1 is 1.30 bits per heavy atom. The number of ether oxygens (including phenoxy) is 1. The molecule has 0 saturated carbocycles. The molecule has 1 saturated heterocycles. The van der Waals surface area contributed by atoms with Gasteiger partial charge in [0.05, 0.1) is 0 Å². The Hall–Kier alpha value is -0.570. The van der Waals surface area contributed by atoms with Crippen molar-refractivity contribution >= 4 is 35.9 Å². The number of nitrogens with zero attached hydrogens (tertiary/aromatic N) is 2. The molecule has 136 valence electrons. The topological polar surface area (TPSA) is 66.0 Å². The summed E-state index contributed by atoms with van der Waals surface area (Å²) >= 11 is 0. The van der Waals surface area contributed by atoms with Crippen molar-refractivity contribution in [2.45, 2.75) is 59.1 Å². The molecule has 2 N–H and O–H groups in total. The van der Waals surface area contributed by atoms with E-state index in [1.165, 1.54) is 19.4 Å². The number of hydrogen-bond acceptors (Lipinski definition) is 4. The quantitative estimate of drug-likeness (QED) is 0.286. The molecular weight excluding hydrogens is 407 g/mol. The van der Waals surface area contributed by atoms with Gasteiger partial charge in [-0.05, 0) is 53.6 Å². The predicted molar refractivity (Wildman–Crippen MR) is 106 cm³/mol. The summed E-state index contributed by atoms with van der Waals surface area (Å²) in [6.07, 6.45) is 2.47. The molecule has 0 aromatic heterocycles. The fraction of sp³-hybridized carbons (Fsp3) is 0.875. The van der Waals surface area contributed by atoms with E-state index < -0.39 is 5.60 Å². The van der Waals surface area contributed by atoms with Crippen LogP contribution in [0.1, 0.15) is 47.5 Å². The van der Waals surface area contributed by atoms with Crippen LogP contribution in [-0.4, -0.2) is 61.2 Å². The van der Waals surface area contributed by atoms with Crippen molar-refractivity contribution in [3.8, 4) is 0 Å². The third kappa shape index (κ3) is 9.34. The lowest BCUT2D eigenvalue weighted by atomic mass is 10.2. The summed E-state index contributed by atoms with van der Waals surface area (Å²) in [6.45, 7) is 13.7. The fourth-order valence-electron chi connectivity index (χ4n) is 2.62. The first kappa shape index (κ1) is 22.4. The van der Waals surface area contributed by atoms with Gasteiger partial charge in [-0.15, -0.1) is 24.0 Å². The van der Waals surface area contributed by atoms with Gasteiger partial charge in [0.2, 0.25) is 0 Å². The SMILES string of the molecule is CCNC(=NCC(=O)OC(C)(C)C)NCC1CCCN1CC.I. The molecule has 1 unspecified atom stereocenters. The highest BCUT2D eigenvalue weighted by Gasteiger charge is 2.22. The van der Waals surface area contributed by atoms with Crippen molar-refractivity contribution in [2.75, 3.05) is 32.7 Å². The maximum absolute atomic E-state index is 11.7. The van der Waals surface area contributed by atoms with Gasteiger partial charge >= 0.3 is 5.97 Å². The first-order valence-electron chi connectivity index (χ1n) is 8.33. The highest BCUT2D eigenvalue weighted by Crippen LogP contribution is 2.15. The van der Waals surface area contributed by atoms with Gasteiger partial charge in [-0.3, -0.25) is 9.69 Å². The number of aliphatic imine (C=N–C) groups is 1. The van der Waals surface area contributed by atoms with Crippen LogP contribution in [0.5, 0.6) is 0 Å². The van der Waals surface area contributed by atoms with Gasteiger partial charge in [0, 0.05) is 19.1 Å². The predicted octanol–water partition coefficient (Wildman–Crippen LogP) is 1.99. The molecular formula is C16H33IN4O2. The second-order valence-corrected chi connectivity index (χ2v) is 6.59. The van der Waals surface area contributed by atoms with Gasteiger partial charge in [0.1, 0.15) is 12.1 Å². The second-order valence-electron chi connectivity index (χ2n) is 6.59. The van der Waals surface area contributed by atoms with Crippen LogP contribution in [-0.2, 0) is 9.53 Å². The molecule has 23 heavy (non-hydrogen) atoms. The minimum Gasteiger partial charge on any atom is -0.459 e. The van der Waals surface area contributed by atoms with Gasteiger partial charge in [0.15, 0.2) is 5.96 Å². The lowest BCUT2D eigenvalue weighted by Gasteiger charge is -2.24. The molecule has 0 spiro atoms. The van der Waals surface area contributed by atoms with Crippen molar-refractivity contribution in [3.05, 3.63) is 0 Å². The van der Waals surface area contributed by atoms with E-state index in [-0.39, 0.29) is 36.5 Å². The summed E-state index contributed by atoms with van der Waals surface area (Å²) < 4.78 is 5.27. The van der Waals surface area contributed by atoms with Crippen LogP contribution in [0.15, 0.2) is 4.99 Å². The van der Waals surface area contributed by atoms with E-state index >= 15 is 0 Å². The zero-order chi connectivity index (χ0) is 16.6. The molecule has 0 aromatic rings. The molecule has 6 nitrogen and oxygen atoms in total. The highest BCUT2D eigenvalue weighted by atomic mass is 127. The van der Waals surface area contributed by atoms with Crippen LogP contribution in [0.4, 0.5) is 0 Å². The number of rotatable bonds is 6. The Bertz CT molecular complexity index is 383. The van der Waals surface area contributed by atoms with Gasteiger partial charge in [-0.25, -0.2) is 4.99 Å². The van der Waals surface area contributed by atoms with E-state index in [1.54, 1.807) is 0 Å². The standard InChI is InChI=1S/C16H32N4O2.HI/c1-6-17-15(19-12-14(21)22-16(3,4)5)18-11-13-9-8-10-20(13)7-2;/h13H,6-12H2,1-5H3,(H2,17,18,19);1H. The van der Waals surface area contributed by atoms with Crippen LogP contribution in [0.3, 0.4) is 0 Å². The molecule has 1 rings (SSSR count). The number of likely N-dealkylation sites (N-methyl/N-ethyl adjacent to an activating group) is 1. The average Bonchev–Trinajstić information content (AvgIpc) is 2.87. The van der Waals surface area contributed by atoms with E-state index in [9.17, 15) is 4.79 Å². The Morgan fingerprint density at radius 2 is 2.00 bits per heavy atom. The molecule has 1 heterocycles. The zero-order valence-corrected chi connectivity index (χ0v) is 17.5. The third-order valence-corrected chi connectivity index (χ3v) is 3.54. The number of hydrogen-bond donors (Lipinski definition) is 2. The number of carbonyl (C=O) groups excluding carboxylic acids is 1. The van der Waals surface area contributed by atoms with Crippen molar-refractivity contribution in [1.29, 1.82) is 0 Å². The van der Waals surface area contributed by atoms with Crippen LogP contribution in [0, 0.1) is 0 Å². The monoisotopic (exact) mass is 440 g/mol. The first-order valence-corrected chi connectivity index (χ1v) is 8.33. The average molecular weight is 440 g/mol. The molecule has 1 atom stereocenters. The van der Waals surface area contributed by atoms with E-state index in [0.717, 1.165) is 19.6 Å². The summed E-state index contributed by atoms with van der Waals surface area (Å²) in [5, 5.41) is 6.50. The number of esters is 1. The number of likely N-dealkylation sites (tertiary alicyclic amines) is 1. The normalized spacial score (nSPS) is 19.2. The molecule has 1 aliphatic rings. The highest BCUT2D eigenvalue weighted by molar-refractivity contribution is 14.0. The van der Waals surface area contributed by atoms with E-state index in [0.29, 0.717) is 12.0 Å². The van der Waals surface area contributed by atoms with E-state index in [2.05, 4.69) is 27.4 Å². The van der Waals surface area contributed by atoms with Gasteiger partial charge < -0.3 is 15.4 Å². The number of halogens is 1. The molecule has 0 aliphatic carbocycles. The lowest BCUT2D eigenvalue weighted by molar-refractivity contribution is -0.152. The molecule has 7 heteroatoms. The van der Waals surface area contributed by atoms with Crippen molar-refractivity contribution in [1.82, 2.24) is 15.5 Å². The van der Waals surface area contributed by atoms with Crippen LogP contribution in [0.25, 0.3) is 0 Å². The largest absolute Gasteiger partial charge is 0.459 e. The Labute approximate surface area is 157 Å². The Balaban J connectivity index is 0.00000484. The summed E-state index contributed by atoms with van der Waals surface area (Å²) in [6, 6.07) is 0.551. The molecule has 0 aromatic carbocycles. The second kappa shape index (κ2) is 11.1. The molecule has 1 fully saturated rings. The van der Waals surface area contributed by atoms with E-state index in [1.807, 2.05) is 27.7 Å². The number of nitrogens with one attached hydrogen (secondary N) is 2. The van der Waals surface area contributed by atoms with Crippen LogP contribution in [0.2, 0.25) is 0 Å². The van der Waals surface area contributed by atoms with Crippen LogP contribution >= 0.6 is 24.0 Å². The van der Waals surface area contributed by atoms with Crippen molar-refractivity contribution in [3.63, 3.8) is 0 Å². The third-order valence-electron chi connectivity index (χ3n) is 3.54. The minimum atomic E-state index is -0.468. The zero-order valence-electron chi connectivity index (χ0n) is 15.1. The van der Waals surface area contributed by atoms with Crippen molar-refractivity contribution in [2.24, 2.45) is 4.99 Å². The summed E-state index contributed by atoms with van der Waals surface area (Å²) in [7, 11) is 0. The Morgan fingerprint density at radius 3 is 2.57 bits per heavy atom. The summed E-state index contributed by atoms with van der Waals surface area (Å²) in [5.74, 6) is 0.372. The maximum atomic E-state index is 11.7. The number of carbonyl (C=O) groups is 1. The number of guanidine groups is 1. The smallest absolute Gasteiger partial charge is 0.328 e. The molecule has 0 radical (unpaired) electrons. The van der Waals surface area contributed by atoms with E-state index in [4.69, 9.17) is 4.74 Å². The lowest BCUT2D eigenvalue weighted by Crippen LogP contribution is -2.45. The molecule has 0 bridgehead atoms. The fourth-order valence-corrected chi connectivity index (χ4v) is 2.62. The summed E-state index contributed by atoms with van der Waals surface area (Å²) in [5.41, 5.74) is -0.468. The Kier molecular flexibility index (Phi) is 10.8.